The van der Waals surface area contributed by atoms with E-state index in [1.807, 2.05) is 26.8 Å². The first-order valence-electron chi connectivity index (χ1n) is 8.55. The van der Waals surface area contributed by atoms with Crippen LogP contribution in [-0.4, -0.2) is 16.0 Å². The third kappa shape index (κ3) is 3.50. The maximum atomic E-state index is 12.3. The number of rotatable bonds is 4. The molecule has 2 aromatic rings. The molecule has 0 saturated heterocycles. The van der Waals surface area contributed by atoms with Gasteiger partial charge in [0.2, 0.25) is 11.8 Å². The lowest BCUT2D eigenvalue weighted by atomic mass is 9.96. The summed E-state index contributed by atoms with van der Waals surface area (Å²) in [5.74, 6) is 1.65. The molecule has 1 aromatic heterocycles. The summed E-state index contributed by atoms with van der Waals surface area (Å²) in [5, 5.41) is 7.16. The average molecular weight is 327 g/mol. The molecule has 0 fully saturated rings. The number of carbonyl (C=O) groups is 1. The lowest BCUT2D eigenvalue weighted by Gasteiger charge is -2.18. The number of aromatic nitrogens is 2. The van der Waals surface area contributed by atoms with Crippen molar-refractivity contribution in [3.63, 3.8) is 0 Å². The average Bonchev–Trinajstić information content (AvgIpc) is 3.11. The molecule has 1 aliphatic rings. The van der Waals surface area contributed by atoms with Gasteiger partial charge in [0.05, 0.1) is 6.04 Å². The van der Waals surface area contributed by atoms with Crippen molar-refractivity contribution >= 4 is 5.91 Å². The maximum Gasteiger partial charge on any atom is 0.227 e. The highest BCUT2D eigenvalue weighted by Crippen LogP contribution is 2.35. The monoisotopic (exact) mass is 327 g/mol. The molecule has 128 valence electrons. The molecule has 3 rings (SSSR count). The van der Waals surface area contributed by atoms with Crippen molar-refractivity contribution in [2.75, 3.05) is 0 Å². The quantitative estimate of drug-likeness (QED) is 0.935. The highest BCUT2D eigenvalue weighted by Gasteiger charge is 2.30. The zero-order chi connectivity index (χ0) is 17.3. The number of nitrogens with one attached hydrogen (secondary N) is 1. The number of aryl methyl sites for hydroxylation is 1. The number of fused-ring (bicyclic) bond motifs is 1. The van der Waals surface area contributed by atoms with Crippen LogP contribution in [0.1, 0.15) is 63.0 Å². The van der Waals surface area contributed by atoms with Gasteiger partial charge in [-0.3, -0.25) is 4.79 Å². The van der Waals surface area contributed by atoms with Gasteiger partial charge in [0, 0.05) is 18.3 Å². The van der Waals surface area contributed by atoms with E-state index in [1.165, 1.54) is 11.1 Å². The number of amides is 1. The Kier molecular flexibility index (Phi) is 4.43. The van der Waals surface area contributed by atoms with Crippen molar-refractivity contribution in [2.24, 2.45) is 5.92 Å². The largest absolute Gasteiger partial charge is 0.349 e. The molecule has 0 unspecified atom stereocenters. The van der Waals surface area contributed by atoms with Crippen LogP contribution in [0.2, 0.25) is 0 Å². The van der Waals surface area contributed by atoms with Gasteiger partial charge in [-0.15, -0.1) is 0 Å². The summed E-state index contributed by atoms with van der Waals surface area (Å²) < 4.78 is 5.25. The zero-order valence-electron chi connectivity index (χ0n) is 14.8. The standard InChI is InChI=1S/C19H25N3O2/c1-12-11-13-7-5-6-8-14(13)17(12)20-15(23)9-10-16-21-18(22-24-16)19(2,3)4/h5-8,12,17H,9-11H2,1-4H3,(H,20,23)/t12-,17-/m0/s1. The van der Waals surface area contributed by atoms with Gasteiger partial charge in [0.15, 0.2) is 5.82 Å². The van der Waals surface area contributed by atoms with Crippen molar-refractivity contribution in [2.45, 2.75) is 58.4 Å². The normalized spacial score (nSPS) is 20.0. The van der Waals surface area contributed by atoms with Crippen molar-refractivity contribution in [3.8, 4) is 0 Å². The lowest BCUT2D eigenvalue weighted by Crippen LogP contribution is -2.30. The molecule has 1 aliphatic carbocycles. The van der Waals surface area contributed by atoms with Crippen LogP contribution in [0.5, 0.6) is 0 Å². The molecule has 1 amide bonds. The van der Waals surface area contributed by atoms with Gasteiger partial charge in [0.25, 0.3) is 0 Å². The van der Waals surface area contributed by atoms with Crippen LogP contribution in [0.3, 0.4) is 0 Å². The van der Waals surface area contributed by atoms with Crippen LogP contribution in [-0.2, 0) is 23.1 Å². The van der Waals surface area contributed by atoms with Crippen molar-refractivity contribution < 1.29 is 9.32 Å². The van der Waals surface area contributed by atoms with Gasteiger partial charge in [0.1, 0.15) is 0 Å². The Morgan fingerprint density at radius 3 is 2.79 bits per heavy atom. The molecule has 2 atom stereocenters. The topological polar surface area (TPSA) is 68.0 Å². The van der Waals surface area contributed by atoms with E-state index in [1.54, 1.807) is 0 Å². The highest BCUT2D eigenvalue weighted by molar-refractivity contribution is 5.76. The van der Waals surface area contributed by atoms with Crippen molar-refractivity contribution in [1.29, 1.82) is 0 Å². The smallest absolute Gasteiger partial charge is 0.227 e. The minimum atomic E-state index is -0.146. The minimum Gasteiger partial charge on any atom is -0.349 e. The molecular formula is C19H25N3O2. The summed E-state index contributed by atoms with van der Waals surface area (Å²) in [4.78, 5) is 16.7. The van der Waals surface area contributed by atoms with Gasteiger partial charge in [-0.2, -0.15) is 4.98 Å². The van der Waals surface area contributed by atoms with E-state index in [0.717, 1.165) is 6.42 Å². The molecule has 0 radical (unpaired) electrons. The van der Waals surface area contributed by atoms with E-state index in [9.17, 15) is 4.79 Å². The first-order chi connectivity index (χ1) is 11.3. The van der Waals surface area contributed by atoms with Crippen LogP contribution in [0.15, 0.2) is 28.8 Å². The van der Waals surface area contributed by atoms with Crippen molar-refractivity contribution in [3.05, 3.63) is 47.1 Å². The number of benzene rings is 1. The summed E-state index contributed by atoms with van der Waals surface area (Å²) in [6, 6.07) is 8.43. The minimum absolute atomic E-state index is 0.0269. The second-order valence-corrected chi connectivity index (χ2v) is 7.69. The molecule has 0 aliphatic heterocycles. The zero-order valence-corrected chi connectivity index (χ0v) is 14.8. The Bertz CT molecular complexity index is 730. The third-order valence-corrected chi connectivity index (χ3v) is 4.52. The fourth-order valence-corrected chi connectivity index (χ4v) is 3.14. The Hall–Kier alpha value is -2.17. The molecule has 24 heavy (non-hydrogen) atoms. The van der Waals surface area contributed by atoms with Crippen LogP contribution in [0, 0.1) is 5.92 Å². The van der Waals surface area contributed by atoms with Gasteiger partial charge in [-0.05, 0) is 23.5 Å². The first-order valence-corrected chi connectivity index (χ1v) is 8.55. The molecule has 1 aromatic carbocycles. The summed E-state index contributed by atoms with van der Waals surface area (Å²) in [6.07, 6.45) is 1.84. The van der Waals surface area contributed by atoms with E-state index in [-0.39, 0.29) is 17.4 Å². The van der Waals surface area contributed by atoms with Crippen LogP contribution in [0.25, 0.3) is 0 Å². The SMILES string of the molecule is C[C@H]1Cc2ccccc2[C@H]1NC(=O)CCc1nc(C(C)(C)C)no1. The van der Waals surface area contributed by atoms with Crippen LogP contribution in [0.4, 0.5) is 0 Å². The van der Waals surface area contributed by atoms with E-state index in [4.69, 9.17) is 4.52 Å². The van der Waals surface area contributed by atoms with Crippen molar-refractivity contribution in [1.82, 2.24) is 15.5 Å². The molecule has 5 heteroatoms. The van der Waals surface area contributed by atoms with Gasteiger partial charge in [-0.25, -0.2) is 0 Å². The van der Waals surface area contributed by atoms with Gasteiger partial charge >= 0.3 is 0 Å². The van der Waals surface area contributed by atoms with Gasteiger partial charge in [-0.1, -0.05) is 57.1 Å². The molecule has 0 bridgehead atoms. The highest BCUT2D eigenvalue weighted by atomic mass is 16.5. The van der Waals surface area contributed by atoms with Crippen LogP contribution < -0.4 is 5.32 Å². The molecule has 1 N–H and O–H groups in total. The molecule has 0 spiro atoms. The van der Waals surface area contributed by atoms with Crippen LogP contribution >= 0.6 is 0 Å². The van der Waals surface area contributed by atoms with Gasteiger partial charge < -0.3 is 9.84 Å². The number of carbonyl (C=O) groups excluding carboxylic acids is 1. The molecule has 0 saturated carbocycles. The maximum absolute atomic E-state index is 12.3. The van der Waals surface area contributed by atoms with E-state index >= 15 is 0 Å². The summed E-state index contributed by atoms with van der Waals surface area (Å²) >= 11 is 0. The Balaban J connectivity index is 1.58. The Morgan fingerprint density at radius 2 is 2.08 bits per heavy atom. The predicted molar refractivity (Wildman–Crippen MR) is 91.5 cm³/mol. The summed E-state index contributed by atoms with van der Waals surface area (Å²) in [7, 11) is 0. The fourth-order valence-electron chi connectivity index (χ4n) is 3.14. The third-order valence-electron chi connectivity index (χ3n) is 4.52. The fraction of sp³-hybridized carbons (Fsp3) is 0.526. The first kappa shape index (κ1) is 16.7. The number of nitrogens with zero attached hydrogens (tertiary/aromatic N) is 2. The lowest BCUT2D eigenvalue weighted by molar-refractivity contribution is -0.122. The second kappa shape index (κ2) is 6.38. The summed E-state index contributed by atoms with van der Waals surface area (Å²) in [6.45, 7) is 8.28. The molecular weight excluding hydrogens is 302 g/mol. The molecule has 1 heterocycles. The predicted octanol–water partition coefficient (Wildman–Crippen LogP) is 3.35. The molecule has 5 nitrogen and oxygen atoms in total. The van der Waals surface area contributed by atoms with E-state index < -0.39 is 0 Å². The number of hydrogen-bond donors (Lipinski definition) is 1. The van der Waals surface area contributed by atoms with E-state index in [0.29, 0.717) is 30.5 Å². The Labute approximate surface area is 142 Å². The number of hydrogen-bond acceptors (Lipinski definition) is 4. The summed E-state index contributed by atoms with van der Waals surface area (Å²) in [5.41, 5.74) is 2.43. The van der Waals surface area contributed by atoms with E-state index in [2.05, 4.69) is 40.6 Å². The Morgan fingerprint density at radius 1 is 1.33 bits per heavy atom. The second-order valence-electron chi connectivity index (χ2n) is 7.69.